The largest absolute Gasteiger partial charge is 0.374 e. The molecular weight excluding hydrogens is 328 g/mol. The predicted octanol–water partition coefficient (Wildman–Crippen LogP) is 1.88. The molecule has 24 heavy (non-hydrogen) atoms. The lowest BCUT2D eigenvalue weighted by molar-refractivity contribution is -0.117. The van der Waals surface area contributed by atoms with E-state index in [2.05, 4.69) is 20.8 Å². The molecule has 1 fully saturated rings. The van der Waals surface area contributed by atoms with E-state index in [9.17, 15) is 9.59 Å². The number of rotatable bonds is 4. The second-order valence-electron chi connectivity index (χ2n) is 5.49. The van der Waals surface area contributed by atoms with Gasteiger partial charge >= 0.3 is 6.03 Å². The van der Waals surface area contributed by atoms with Gasteiger partial charge in [0.25, 0.3) is 0 Å². The van der Waals surface area contributed by atoms with Crippen molar-refractivity contribution in [3.8, 4) is 0 Å². The first-order chi connectivity index (χ1) is 11.5. The van der Waals surface area contributed by atoms with Crippen LogP contribution < -0.4 is 21.3 Å². The highest BCUT2D eigenvalue weighted by Crippen LogP contribution is 2.27. The molecule has 1 aromatic carbocycles. The van der Waals surface area contributed by atoms with Crippen molar-refractivity contribution < 1.29 is 9.59 Å². The van der Waals surface area contributed by atoms with E-state index in [1.165, 1.54) is 11.3 Å². The smallest absolute Gasteiger partial charge is 0.319 e. The zero-order valence-corrected chi connectivity index (χ0v) is 14.0. The summed E-state index contributed by atoms with van der Waals surface area (Å²) in [5.74, 6) is 0.146. The molecule has 0 aliphatic carbocycles. The quantitative estimate of drug-likeness (QED) is 0.782. The summed E-state index contributed by atoms with van der Waals surface area (Å²) in [6.07, 6.45) is 1.48. The molecule has 0 unspecified atom stereocenters. The Bertz CT molecular complexity index is 775. The Morgan fingerprint density at radius 2 is 2.25 bits per heavy atom. The number of urea groups is 1. The minimum absolute atomic E-state index is 0.146. The number of carbonyl (C=O) groups excluding carboxylic acids is 2. The molecule has 1 aliphatic rings. The molecule has 1 aromatic heterocycles. The zero-order valence-electron chi connectivity index (χ0n) is 13.2. The van der Waals surface area contributed by atoms with E-state index in [0.29, 0.717) is 22.2 Å². The third-order valence-corrected chi connectivity index (χ3v) is 4.45. The first-order valence-corrected chi connectivity index (χ1v) is 8.38. The predicted molar refractivity (Wildman–Crippen MR) is 92.9 cm³/mol. The summed E-state index contributed by atoms with van der Waals surface area (Å²) >= 11 is 1.23. The Balaban J connectivity index is 1.59. The molecule has 8 nitrogen and oxygen atoms in total. The Labute approximate surface area is 143 Å². The van der Waals surface area contributed by atoms with Gasteiger partial charge in [-0.3, -0.25) is 4.79 Å². The summed E-state index contributed by atoms with van der Waals surface area (Å²) in [6, 6.07) is 5.16. The third kappa shape index (κ3) is 3.62. The molecule has 0 atom stereocenters. The average Bonchev–Trinajstić information content (AvgIpc) is 3.14. The van der Waals surface area contributed by atoms with Crippen molar-refractivity contribution >= 4 is 39.8 Å². The first-order valence-electron chi connectivity index (χ1n) is 7.56. The number of hydrogen-bond donors (Lipinski definition) is 3. The van der Waals surface area contributed by atoms with Crippen molar-refractivity contribution in [3.05, 3.63) is 28.8 Å². The molecule has 9 heteroatoms. The maximum atomic E-state index is 11.9. The lowest BCUT2D eigenvalue weighted by Gasteiger charge is -2.19. The van der Waals surface area contributed by atoms with Crippen molar-refractivity contribution in [1.29, 1.82) is 0 Å². The third-order valence-electron chi connectivity index (χ3n) is 3.70. The highest BCUT2D eigenvalue weighted by atomic mass is 32.1. The van der Waals surface area contributed by atoms with Crippen molar-refractivity contribution in [2.45, 2.75) is 26.3 Å². The van der Waals surface area contributed by atoms with Crippen LogP contribution >= 0.6 is 11.3 Å². The fourth-order valence-corrected chi connectivity index (χ4v) is 3.16. The van der Waals surface area contributed by atoms with Crippen molar-refractivity contribution in [1.82, 2.24) is 15.5 Å². The van der Waals surface area contributed by atoms with E-state index >= 15 is 0 Å². The number of nitrogen functional groups attached to an aromatic ring is 1. The van der Waals surface area contributed by atoms with Crippen LogP contribution in [0.1, 0.15) is 23.4 Å². The standard InChI is InChI=1S/C15H18N6O2S/c1-9-7-10(4-5-11(9)21-6-2-3-13(21)22)18-15(23)17-8-12-19-20-14(16)24-12/h4-5,7H,2-3,6,8H2,1H3,(H2,16,20)(H2,17,18,23). The summed E-state index contributed by atoms with van der Waals surface area (Å²) in [7, 11) is 0. The van der Waals surface area contributed by atoms with Gasteiger partial charge in [-0.1, -0.05) is 11.3 Å². The van der Waals surface area contributed by atoms with Crippen LogP contribution in [0.4, 0.5) is 21.3 Å². The number of nitrogens with one attached hydrogen (secondary N) is 2. The molecule has 3 rings (SSSR count). The van der Waals surface area contributed by atoms with Gasteiger partial charge in [-0.2, -0.15) is 0 Å². The molecule has 2 aromatic rings. The number of carbonyl (C=O) groups is 2. The second kappa shape index (κ2) is 6.83. The van der Waals surface area contributed by atoms with Gasteiger partial charge in [0.15, 0.2) is 0 Å². The summed E-state index contributed by atoms with van der Waals surface area (Å²) < 4.78 is 0. The Morgan fingerprint density at radius 3 is 2.88 bits per heavy atom. The number of benzene rings is 1. The molecule has 0 bridgehead atoms. The van der Waals surface area contributed by atoms with Gasteiger partial charge < -0.3 is 21.3 Å². The van der Waals surface area contributed by atoms with Crippen LogP contribution in [0.2, 0.25) is 0 Å². The number of amides is 3. The van der Waals surface area contributed by atoms with Gasteiger partial charge in [-0.25, -0.2) is 4.79 Å². The number of aryl methyl sites for hydroxylation is 1. The van der Waals surface area contributed by atoms with Crippen LogP contribution in [0.3, 0.4) is 0 Å². The van der Waals surface area contributed by atoms with E-state index in [1.807, 2.05) is 19.1 Å². The van der Waals surface area contributed by atoms with Gasteiger partial charge in [0.05, 0.1) is 6.54 Å². The molecular formula is C15H18N6O2S. The maximum absolute atomic E-state index is 11.9. The first kappa shape index (κ1) is 16.2. The Hall–Kier alpha value is -2.68. The molecule has 0 saturated carbocycles. The van der Waals surface area contributed by atoms with Crippen LogP contribution in [-0.4, -0.2) is 28.7 Å². The number of hydrogen-bond acceptors (Lipinski definition) is 6. The van der Waals surface area contributed by atoms with Crippen LogP contribution in [-0.2, 0) is 11.3 Å². The van der Waals surface area contributed by atoms with Gasteiger partial charge in [-0.05, 0) is 37.1 Å². The van der Waals surface area contributed by atoms with E-state index in [4.69, 9.17) is 5.73 Å². The molecule has 126 valence electrons. The fourth-order valence-electron chi connectivity index (χ4n) is 2.61. The second-order valence-corrected chi connectivity index (χ2v) is 6.59. The number of nitrogens with two attached hydrogens (primary N) is 1. The summed E-state index contributed by atoms with van der Waals surface area (Å²) in [6.45, 7) is 2.94. The molecule has 1 aliphatic heterocycles. The summed E-state index contributed by atoms with van der Waals surface area (Å²) in [5.41, 5.74) is 7.99. The van der Waals surface area contributed by atoms with Crippen molar-refractivity contribution in [2.24, 2.45) is 0 Å². The SMILES string of the molecule is Cc1cc(NC(=O)NCc2nnc(N)s2)ccc1N1CCCC1=O. The fraction of sp³-hybridized carbons (Fsp3) is 0.333. The van der Waals surface area contributed by atoms with Gasteiger partial charge in [0, 0.05) is 24.3 Å². The average molecular weight is 346 g/mol. The van der Waals surface area contributed by atoms with E-state index in [0.717, 1.165) is 24.2 Å². The Morgan fingerprint density at radius 1 is 1.42 bits per heavy atom. The minimum atomic E-state index is -0.340. The van der Waals surface area contributed by atoms with Gasteiger partial charge in [-0.15, -0.1) is 10.2 Å². The lowest BCUT2D eigenvalue weighted by atomic mass is 10.1. The topological polar surface area (TPSA) is 113 Å². The van der Waals surface area contributed by atoms with Crippen LogP contribution in [0.5, 0.6) is 0 Å². The summed E-state index contributed by atoms with van der Waals surface area (Å²) in [5, 5.41) is 14.0. The molecule has 4 N–H and O–H groups in total. The van der Waals surface area contributed by atoms with Crippen LogP contribution in [0, 0.1) is 6.92 Å². The lowest BCUT2D eigenvalue weighted by Crippen LogP contribution is -2.28. The molecule has 0 radical (unpaired) electrons. The summed E-state index contributed by atoms with van der Waals surface area (Å²) in [4.78, 5) is 25.6. The highest BCUT2D eigenvalue weighted by Gasteiger charge is 2.23. The monoisotopic (exact) mass is 346 g/mol. The number of aromatic nitrogens is 2. The van der Waals surface area contributed by atoms with E-state index in [1.54, 1.807) is 11.0 Å². The van der Waals surface area contributed by atoms with Crippen LogP contribution in [0.15, 0.2) is 18.2 Å². The molecule has 0 spiro atoms. The minimum Gasteiger partial charge on any atom is -0.374 e. The van der Waals surface area contributed by atoms with Crippen molar-refractivity contribution in [2.75, 3.05) is 22.5 Å². The normalized spacial score (nSPS) is 14.0. The maximum Gasteiger partial charge on any atom is 0.319 e. The number of anilines is 3. The number of nitrogens with zero attached hydrogens (tertiary/aromatic N) is 3. The van der Waals surface area contributed by atoms with E-state index in [-0.39, 0.29) is 18.5 Å². The van der Waals surface area contributed by atoms with E-state index < -0.39 is 0 Å². The van der Waals surface area contributed by atoms with Crippen molar-refractivity contribution in [3.63, 3.8) is 0 Å². The zero-order chi connectivity index (χ0) is 17.1. The van der Waals surface area contributed by atoms with Gasteiger partial charge in [0.1, 0.15) is 5.01 Å². The van der Waals surface area contributed by atoms with Gasteiger partial charge in [0.2, 0.25) is 11.0 Å². The Kier molecular flexibility index (Phi) is 4.61. The molecule has 1 saturated heterocycles. The van der Waals surface area contributed by atoms with Crippen LogP contribution in [0.25, 0.3) is 0 Å². The highest BCUT2D eigenvalue weighted by molar-refractivity contribution is 7.15. The molecule has 2 heterocycles. The molecule has 3 amide bonds.